The molecular formula is C14H10BrF2N3O. The van der Waals surface area contributed by atoms with E-state index in [2.05, 4.69) is 31.2 Å². The van der Waals surface area contributed by atoms with Crippen molar-refractivity contribution in [3.63, 3.8) is 0 Å². The Kier molecular flexibility index (Phi) is 3.50. The van der Waals surface area contributed by atoms with E-state index in [9.17, 15) is 13.6 Å². The Labute approximate surface area is 126 Å². The quantitative estimate of drug-likeness (QED) is 0.674. The van der Waals surface area contributed by atoms with Crippen molar-refractivity contribution in [1.82, 2.24) is 9.97 Å². The van der Waals surface area contributed by atoms with Gasteiger partial charge in [-0.15, -0.1) is 0 Å². The minimum Gasteiger partial charge on any atom is -0.380 e. The van der Waals surface area contributed by atoms with Gasteiger partial charge in [-0.25, -0.2) is 13.6 Å². The third-order valence-electron chi connectivity index (χ3n) is 3.09. The van der Waals surface area contributed by atoms with Crippen LogP contribution in [0.3, 0.4) is 0 Å². The molecule has 0 saturated heterocycles. The van der Waals surface area contributed by atoms with Gasteiger partial charge in [-0.3, -0.25) is 0 Å². The predicted octanol–water partition coefficient (Wildman–Crippen LogP) is 3.51. The van der Waals surface area contributed by atoms with Gasteiger partial charge in [-0.1, -0.05) is 6.07 Å². The molecule has 3 aromatic rings. The third-order valence-corrected chi connectivity index (χ3v) is 3.74. The highest BCUT2D eigenvalue weighted by Gasteiger charge is 2.07. The van der Waals surface area contributed by atoms with Crippen molar-refractivity contribution in [3.05, 3.63) is 62.5 Å². The number of aromatic amines is 2. The highest BCUT2D eigenvalue weighted by molar-refractivity contribution is 9.10. The van der Waals surface area contributed by atoms with Crippen LogP contribution in [0.2, 0.25) is 0 Å². The molecule has 1 aromatic heterocycles. The van der Waals surface area contributed by atoms with Crippen LogP contribution < -0.4 is 11.0 Å². The van der Waals surface area contributed by atoms with E-state index < -0.39 is 11.6 Å². The second-order valence-electron chi connectivity index (χ2n) is 4.55. The molecule has 21 heavy (non-hydrogen) atoms. The lowest BCUT2D eigenvalue weighted by molar-refractivity contribution is 0.574. The van der Waals surface area contributed by atoms with Gasteiger partial charge in [0.2, 0.25) is 0 Å². The van der Waals surface area contributed by atoms with Crippen LogP contribution in [0.5, 0.6) is 0 Å². The zero-order valence-electron chi connectivity index (χ0n) is 10.6. The number of halogens is 3. The molecule has 0 saturated carbocycles. The Morgan fingerprint density at radius 2 is 1.81 bits per heavy atom. The number of rotatable bonds is 3. The summed E-state index contributed by atoms with van der Waals surface area (Å²) in [4.78, 5) is 16.5. The normalized spacial score (nSPS) is 11.0. The number of imidazole rings is 1. The zero-order chi connectivity index (χ0) is 15.0. The van der Waals surface area contributed by atoms with E-state index in [0.717, 1.165) is 10.5 Å². The molecule has 0 amide bonds. The van der Waals surface area contributed by atoms with Crippen molar-refractivity contribution in [3.8, 4) is 0 Å². The topological polar surface area (TPSA) is 60.7 Å². The minimum atomic E-state index is -0.608. The van der Waals surface area contributed by atoms with Crippen molar-refractivity contribution >= 4 is 32.7 Å². The SMILES string of the molecule is O=c1[nH]c2cc(Br)c(NCc3ccc(F)cc3F)cc2[nH]1. The van der Waals surface area contributed by atoms with Gasteiger partial charge in [0, 0.05) is 22.6 Å². The Morgan fingerprint density at radius 3 is 2.52 bits per heavy atom. The first-order chi connectivity index (χ1) is 10.0. The van der Waals surface area contributed by atoms with Crippen LogP contribution >= 0.6 is 15.9 Å². The van der Waals surface area contributed by atoms with Crippen LogP contribution in [0.4, 0.5) is 14.5 Å². The van der Waals surface area contributed by atoms with Gasteiger partial charge in [0.1, 0.15) is 11.6 Å². The highest BCUT2D eigenvalue weighted by Crippen LogP contribution is 2.27. The Balaban J connectivity index is 1.87. The van der Waals surface area contributed by atoms with Gasteiger partial charge >= 0.3 is 5.69 Å². The van der Waals surface area contributed by atoms with Crippen LogP contribution in [0.15, 0.2) is 39.6 Å². The fraction of sp³-hybridized carbons (Fsp3) is 0.0714. The highest BCUT2D eigenvalue weighted by atomic mass is 79.9. The smallest absolute Gasteiger partial charge is 0.323 e. The number of anilines is 1. The molecule has 0 fully saturated rings. The minimum absolute atomic E-state index is 0.199. The van der Waals surface area contributed by atoms with Crippen LogP contribution in [-0.2, 0) is 6.54 Å². The van der Waals surface area contributed by atoms with Gasteiger partial charge in [-0.05, 0) is 34.1 Å². The van der Waals surface area contributed by atoms with Crippen LogP contribution in [0.1, 0.15) is 5.56 Å². The second-order valence-corrected chi connectivity index (χ2v) is 5.40. The number of aromatic nitrogens is 2. The van der Waals surface area contributed by atoms with E-state index in [0.29, 0.717) is 22.3 Å². The molecule has 0 aliphatic heterocycles. The standard InChI is InChI=1S/C14H10BrF2N3O/c15-9-4-12-13(20-14(21)19-12)5-11(9)18-6-7-1-2-8(16)3-10(7)17/h1-5,18H,6H2,(H2,19,20,21). The Morgan fingerprint density at radius 1 is 1.10 bits per heavy atom. The summed E-state index contributed by atoms with van der Waals surface area (Å²) in [5, 5.41) is 3.05. The van der Waals surface area contributed by atoms with E-state index in [1.807, 2.05) is 0 Å². The van der Waals surface area contributed by atoms with E-state index in [1.165, 1.54) is 12.1 Å². The Hall–Kier alpha value is -2.15. The number of fused-ring (bicyclic) bond motifs is 1. The summed E-state index contributed by atoms with van der Waals surface area (Å²) in [6, 6.07) is 6.93. The van der Waals surface area contributed by atoms with Crippen molar-refractivity contribution in [2.75, 3.05) is 5.32 Å². The average molecular weight is 354 g/mol. The molecule has 2 aromatic carbocycles. The third kappa shape index (κ3) is 2.82. The average Bonchev–Trinajstić information content (AvgIpc) is 2.76. The molecule has 4 nitrogen and oxygen atoms in total. The lowest BCUT2D eigenvalue weighted by Crippen LogP contribution is -2.02. The summed E-state index contributed by atoms with van der Waals surface area (Å²) in [6.45, 7) is 0.199. The number of hydrogen-bond donors (Lipinski definition) is 3. The molecular weight excluding hydrogens is 344 g/mol. The summed E-state index contributed by atoms with van der Waals surface area (Å²) >= 11 is 3.38. The van der Waals surface area contributed by atoms with Crippen LogP contribution in [-0.4, -0.2) is 9.97 Å². The van der Waals surface area contributed by atoms with E-state index in [1.54, 1.807) is 12.1 Å². The number of benzene rings is 2. The maximum absolute atomic E-state index is 13.6. The van der Waals surface area contributed by atoms with Crippen LogP contribution in [0.25, 0.3) is 11.0 Å². The summed E-state index contributed by atoms with van der Waals surface area (Å²) in [5.74, 6) is -1.21. The lowest BCUT2D eigenvalue weighted by Gasteiger charge is -2.09. The first-order valence-corrected chi connectivity index (χ1v) is 6.91. The largest absolute Gasteiger partial charge is 0.380 e. The number of H-pyrrole nitrogens is 2. The summed E-state index contributed by atoms with van der Waals surface area (Å²) in [7, 11) is 0. The predicted molar refractivity (Wildman–Crippen MR) is 80.3 cm³/mol. The summed E-state index contributed by atoms with van der Waals surface area (Å²) in [6.07, 6.45) is 0. The molecule has 3 N–H and O–H groups in total. The van der Waals surface area contributed by atoms with Crippen molar-refractivity contribution in [2.45, 2.75) is 6.54 Å². The van der Waals surface area contributed by atoms with Crippen LogP contribution in [0, 0.1) is 11.6 Å². The maximum Gasteiger partial charge on any atom is 0.323 e. The molecule has 3 rings (SSSR count). The van der Waals surface area contributed by atoms with Gasteiger partial charge in [0.15, 0.2) is 0 Å². The van der Waals surface area contributed by atoms with Gasteiger partial charge in [0.05, 0.1) is 16.7 Å². The van der Waals surface area contributed by atoms with Gasteiger partial charge in [0.25, 0.3) is 0 Å². The molecule has 7 heteroatoms. The Bertz CT molecular complexity index is 872. The monoisotopic (exact) mass is 353 g/mol. The molecule has 0 spiro atoms. The zero-order valence-corrected chi connectivity index (χ0v) is 12.2. The number of hydrogen-bond acceptors (Lipinski definition) is 2. The van der Waals surface area contributed by atoms with Crippen molar-refractivity contribution in [2.24, 2.45) is 0 Å². The fourth-order valence-corrected chi connectivity index (χ4v) is 2.53. The van der Waals surface area contributed by atoms with E-state index >= 15 is 0 Å². The van der Waals surface area contributed by atoms with E-state index in [4.69, 9.17) is 0 Å². The van der Waals surface area contributed by atoms with Gasteiger partial charge in [-0.2, -0.15) is 0 Å². The van der Waals surface area contributed by atoms with Crippen molar-refractivity contribution in [1.29, 1.82) is 0 Å². The molecule has 0 aliphatic rings. The number of nitrogens with one attached hydrogen (secondary N) is 3. The molecule has 0 radical (unpaired) electrons. The summed E-state index contributed by atoms with van der Waals surface area (Å²) in [5.41, 5.74) is 2.07. The maximum atomic E-state index is 13.6. The second kappa shape index (κ2) is 5.33. The lowest BCUT2D eigenvalue weighted by atomic mass is 10.2. The molecule has 108 valence electrons. The van der Waals surface area contributed by atoms with E-state index in [-0.39, 0.29) is 12.2 Å². The molecule has 1 heterocycles. The fourth-order valence-electron chi connectivity index (χ4n) is 2.05. The first kappa shape index (κ1) is 13.8. The molecule has 0 aliphatic carbocycles. The van der Waals surface area contributed by atoms with Crippen molar-refractivity contribution < 1.29 is 8.78 Å². The first-order valence-electron chi connectivity index (χ1n) is 6.12. The molecule has 0 unspecified atom stereocenters. The summed E-state index contributed by atoms with van der Waals surface area (Å²) < 4.78 is 27.1. The van der Waals surface area contributed by atoms with Gasteiger partial charge < -0.3 is 15.3 Å². The molecule has 0 bridgehead atoms. The molecule has 0 atom stereocenters.